The molecule has 24 heavy (non-hydrogen) atoms. The highest BCUT2D eigenvalue weighted by atomic mass is 16.5. The molecule has 2 heterocycles. The maximum atomic E-state index is 10.7. The molecule has 0 saturated carbocycles. The summed E-state index contributed by atoms with van der Waals surface area (Å²) < 4.78 is 6.34. The summed E-state index contributed by atoms with van der Waals surface area (Å²) >= 11 is 0. The van der Waals surface area contributed by atoms with E-state index in [1.54, 1.807) is 0 Å². The van der Waals surface area contributed by atoms with Gasteiger partial charge in [-0.15, -0.1) is 0 Å². The van der Waals surface area contributed by atoms with E-state index in [1.807, 2.05) is 6.07 Å². The van der Waals surface area contributed by atoms with Crippen LogP contribution in [-0.2, 0) is 6.42 Å². The van der Waals surface area contributed by atoms with Gasteiger partial charge in [0.15, 0.2) is 0 Å². The van der Waals surface area contributed by atoms with Crippen molar-refractivity contribution in [1.82, 2.24) is 4.90 Å². The molecule has 1 aromatic carbocycles. The quantitative estimate of drug-likeness (QED) is 0.790. The summed E-state index contributed by atoms with van der Waals surface area (Å²) in [6.07, 6.45) is 6.95. The highest BCUT2D eigenvalue weighted by Crippen LogP contribution is 2.48. The first-order chi connectivity index (χ1) is 11.4. The van der Waals surface area contributed by atoms with Crippen LogP contribution in [0.2, 0.25) is 0 Å². The molecule has 0 spiro atoms. The van der Waals surface area contributed by atoms with Crippen LogP contribution in [0.3, 0.4) is 0 Å². The van der Waals surface area contributed by atoms with E-state index < -0.39 is 0 Å². The number of fused-ring (bicyclic) bond motifs is 2. The van der Waals surface area contributed by atoms with Crippen molar-refractivity contribution in [3.05, 3.63) is 28.8 Å². The molecule has 3 rings (SSSR count). The molecule has 0 unspecified atom stereocenters. The fraction of sp³-hybridized carbons (Fsp3) is 0.619. The molecule has 0 aromatic heterocycles. The second-order valence-corrected chi connectivity index (χ2v) is 7.86. The van der Waals surface area contributed by atoms with E-state index in [9.17, 15) is 5.11 Å². The maximum Gasteiger partial charge on any atom is 0.132 e. The summed E-state index contributed by atoms with van der Waals surface area (Å²) in [5.41, 5.74) is 4.44. The second-order valence-electron chi connectivity index (χ2n) is 7.86. The summed E-state index contributed by atoms with van der Waals surface area (Å²) in [6.45, 7) is 8.48. The molecule has 3 heteroatoms. The van der Waals surface area contributed by atoms with E-state index in [1.165, 1.54) is 42.4 Å². The lowest BCUT2D eigenvalue weighted by atomic mass is 9.81. The number of unbranched alkanes of at least 4 members (excludes halogenated alkanes) is 3. The van der Waals surface area contributed by atoms with Crippen molar-refractivity contribution >= 4 is 5.57 Å². The third-order valence-electron chi connectivity index (χ3n) is 5.39. The number of ether oxygens (including phenoxy) is 1. The van der Waals surface area contributed by atoms with Crippen molar-refractivity contribution in [3.63, 3.8) is 0 Å². The Balaban J connectivity index is 1.92. The molecule has 0 atom stereocenters. The Kier molecular flexibility index (Phi) is 4.91. The van der Waals surface area contributed by atoms with Gasteiger partial charge in [0.2, 0.25) is 0 Å². The molecule has 1 aromatic rings. The van der Waals surface area contributed by atoms with Gasteiger partial charge in [-0.3, -0.25) is 0 Å². The van der Waals surface area contributed by atoms with Crippen LogP contribution in [0.5, 0.6) is 11.5 Å². The van der Waals surface area contributed by atoms with Crippen LogP contribution in [0, 0.1) is 0 Å². The first-order valence-corrected chi connectivity index (χ1v) is 9.38. The number of hydrogen-bond acceptors (Lipinski definition) is 3. The van der Waals surface area contributed by atoms with Gasteiger partial charge in [0, 0.05) is 13.1 Å². The van der Waals surface area contributed by atoms with Gasteiger partial charge >= 0.3 is 0 Å². The standard InChI is InChI=1S/C21H31NO2/c1-5-6-7-8-9-15-12-18(23)20-16-10-11-22(4)14-17(16)21(2,3)24-19(20)13-15/h12-13,23H,5-11,14H2,1-4H3. The van der Waals surface area contributed by atoms with Gasteiger partial charge in [0.05, 0.1) is 5.56 Å². The fourth-order valence-electron chi connectivity index (χ4n) is 4.00. The number of hydrogen-bond donors (Lipinski definition) is 1. The van der Waals surface area contributed by atoms with Crippen molar-refractivity contribution in [1.29, 1.82) is 0 Å². The van der Waals surface area contributed by atoms with Gasteiger partial charge < -0.3 is 14.7 Å². The summed E-state index contributed by atoms with van der Waals surface area (Å²) in [6, 6.07) is 4.11. The van der Waals surface area contributed by atoms with Gasteiger partial charge in [0.1, 0.15) is 17.1 Å². The van der Waals surface area contributed by atoms with Crippen molar-refractivity contribution in [2.45, 2.75) is 64.9 Å². The Morgan fingerprint density at radius 3 is 2.75 bits per heavy atom. The van der Waals surface area contributed by atoms with Gasteiger partial charge in [-0.05, 0) is 69.0 Å². The average Bonchev–Trinajstić information content (AvgIpc) is 2.51. The number of phenolic OH excluding ortho intramolecular Hbond substituents is 1. The zero-order chi connectivity index (χ0) is 17.3. The molecule has 132 valence electrons. The minimum Gasteiger partial charge on any atom is -0.507 e. The van der Waals surface area contributed by atoms with Crippen molar-refractivity contribution in [2.24, 2.45) is 0 Å². The highest BCUT2D eigenvalue weighted by Gasteiger charge is 2.38. The summed E-state index contributed by atoms with van der Waals surface area (Å²) in [7, 11) is 2.15. The number of likely N-dealkylation sites (N-methyl/N-ethyl adjacent to an activating group) is 1. The lowest BCUT2D eigenvalue weighted by Gasteiger charge is -2.42. The minimum absolute atomic E-state index is 0.301. The summed E-state index contributed by atoms with van der Waals surface area (Å²) in [5, 5.41) is 10.7. The van der Waals surface area contributed by atoms with Gasteiger partial charge in [0.25, 0.3) is 0 Å². The third kappa shape index (κ3) is 3.32. The monoisotopic (exact) mass is 329 g/mol. The summed E-state index contributed by atoms with van der Waals surface area (Å²) in [4.78, 5) is 2.33. The van der Waals surface area contributed by atoms with Crippen LogP contribution in [0.1, 0.15) is 64.0 Å². The molecule has 3 nitrogen and oxygen atoms in total. The Bertz CT molecular complexity index is 645. The Labute approximate surface area is 146 Å². The molecule has 2 aliphatic heterocycles. The fourth-order valence-corrected chi connectivity index (χ4v) is 4.00. The predicted octanol–water partition coefficient (Wildman–Crippen LogP) is 4.78. The third-order valence-corrected chi connectivity index (χ3v) is 5.39. The summed E-state index contributed by atoms with van der Waals surface area (Å²) in [5.74, 6) is 1.26. The van der Waals surface area contributed by atoms with E-state index in [-0.39, 0.29) is 5.60 Å². The van der Waals surface area contributed by atoms with Gasteiger partial charge in [-0.1, -0.05) is 26.2 Å². The first kappa shape index (κ1) is 17.3. The largest absolute Gasteiger partial charge is 0.507 e. The average molecular weight is 329 g/mol. The van der Waals surface area contributed by atoms with Crippen molar-refractivity contribution < 1.29 is 9.84 Å². The number of aromatic hydroxyl groups is 1. The predicted molar refractivity (Wildman–Crippen MR) is 99.7 cm³/mol. The number of aryl methyl sites for hydroxylation is 1. The molecule has 2 aliphatic rings. The number of benzene rings is 1. The van der Waals surface area contributed by atoms with E-state index in [4.69, 9.17) is 4.74 Å². The van der Waals surface area contributed by atoms with E-state index in [2.05, 4.69) is 38.8 Å². The molecule has 0 amide bonds. The number of phenols is 1. The van der Waals surface area contributed by atoms with Gasteiger partial charge in [-0.2, -0.15) is 0 Å². The van der Waals surface area contributed by atoms with Crippen LogP contribution >= 0.6 is 0 Å². The van der Waals surface area contributed by atoms with Gasteiger partial charge in [-0.25, -0.2) is 0 Å². The highest BCUT2D eigenvalue weighted by molar-refractivity contribution is 5.81. The zero-order valence-electron chi connectivity index (χ0n) is 15.6. The Morgan fingerprint density at radius 2 is 2.00 bits per heavy atom. The Morgan fingerprint density at radius 1 is 1.21 bits per heavy atom. The molecular formula is C21H31NO2. The Hall–Kier alpha value is -1.48. The minimum atomic E-state index is -0.301. The molecular weight excluding hydrogens is 298 g/mol. The number of rotatable bonds is 5. The topological polar surface area (TPSA) is 32.7 Å². The van der Waals surface area contributed by atoms with Crippen LogP contribution in [0.25, 0.3) is 5.57 Å². The van der Waals surface area contributed by atoms with Crippen molar-refractivity contribution in [3.8, 4) is 11.5 Å². The van der Waals surface area contributed by atoms with Crippen LogP contribution < -0.4 is 4.74 Å². The SMILES string of the molecule is CCCCCCc1cc(O)c2c(c1)OC(C)(C)C1=C2CCN(C)C1. The normalized spacial score (nSPS) is 19.7. The zero-order valence-corrected chi connectivity index (χ0v) is 15.6. The molecule has 1 N–H and O–H groups in total. The molecule has 0 bridgehead atoms. The molecule has 0 aliphatic carbocycles. The lowest BCUT2D eigenvalue weighted by molar-refractivity contribution is 0.128. The van der Waals surface area contributed by atoms with E-state index in [0.29, 0.717) is 5.75 Å². The lowest BCUT2D eigenvalue weighted by Crippen LogP contribution is -2.42. The second kappa shape index (κ2) is 6.79. The first-order valence-electron chi connectivity index (χ1n) is 9.38. The number of nitrogens with zero attached hydrogens (tertiary/aromatic N) is 1. The van der Waals surface area contributed by atoms with E-state index >= 15 is 0 Å². The maximum absolute atomic E-state index is 10.7. The van der Waals surface area contributed by atoms with Crippen LogP contribution in [0.4, 0.5) is 0 Å². The van der Waals surface area contributed by atoms with Crippen LogP contribution in [-0.4, -0.2) is 35.7 Å². The smallest absolute Gasteiger partial charge is 0.132 e. The molecule has 0 fully saturated rings. The van der Waals surface area contributed by atoms with E-state index in [0.717, 1.165) is 37.2 Å². The molecule has 0 saturated heterocycles. The van der Waals surface area contributed by atoms with Crippen LogP contribution in [0.15, 0.2) is 17.7 Å². The van der Waals surface area contributed by atoms with Crippen molar-refractivity contribution in [2.75, 3.05) is 20.1 Å². The molecule has 0 radical (unpaired) electrons.